The van der Waals surface area contributed by atoms with Crippen LogP contribution in [0.3, 0.4) is 0 Å². The zero-order valence-corrected chi connectivity index (χ0v) is 12.7. The Kier molecular flexibility index (Phi) is 4.87. The summed E-state index contributed by atoms with van der Waals surface area (Å²) in [4.78, 5) is 0. The van der Waals surface area contributed by atoms with Crippen LogP contribution in [-0.2, 0) is 0 Å². The predicted octanol–water partition coefficient (Wildman–Crippen LogP) is 4.09. The fourth-order valence-corrected chi connectivity index (χ4v) is 3.34. The van der Waals surface area contributed by atoms with Gasteiger partial charge in [-0.25, -0.2) is 0 Å². The maximum atomic E-state index is 5.58. The van der Waals surface area contributed by atoms with Crippen molar-refractivity contribution in [3.63, 3.8) is 0 Å². The van der Waals surface area contributed by atoms with Gasteiger partial charge >= 0.3 is 0 Å². The molecule has 1 aliphatic carbocycles. The summed E-state index contributed by atoms with van der Waals surface area (Å²) in [5, 5.41) is 3.52. The molecule has 0 saturated heterocycles. The van der Waals surface area contributed by atoms with Crippen LogP contribution < -0.4 is 10.1 Å². The van der Waals surface area contributed by atoms with Gasteiger partial charge in [-0.15, -0.1) is 0 Å². The lowest BCUT2D eigenvalue weighted by Crippen LogP contribution is -2.28. The molecule has 106 valence electrons. The number of rotatable bonds is 4. The summed E-state index contributed by atoms with van der Waals surface area (Å²) < 4.78 is 5.58. The molecular weight excluding hydrogens is 234 g/mol. The van der Waals surface area contributed by atoms with Gasteiger partial charge in [-0.3, -0.25) is 0 Å². The fourth-order valence-electron chi connectivity index (χ4n) is 3.34. The lowest BCUT2D eigenvalue weighted by molar-refractivity contribution is 0.234. The molecule has 0 aromatic heterocycles. The molecule has 2 nitrogen and oxygen atoms in total. The van der Waals surface area contributed by atoms with Crippen molar-refractivity contribution in [3.8, 4) is 5.75 Å². The molecule has 19 heavy (non-hydrogen) atoms. The van der Waals surface area contributed by atoms with Crippen molar-refractivity contribution in [2.45, 2.75) is 45.6 Å². The zero-order valence-electron chi connectivity index (χ0n) is 12.7. The Labute approximate surface area is 117 Å². The minimum absolute atomic E-state index is 0.419. The maximum absolute atomic E-state index is 5.58. The summed E-state index contributed by atoms with van der Waals surface area (Å²) in [5.41, 5.74) is 2.57. The van der Waals surface area contributed by atoms with Crippen LogP contribution in [0.2, 0.25) is 0 Å². The van der Waals surface area contributed by atoms with Crippen molar-refractivity contribution in [2.24, 2.45) is 11.8 Å². The molecule has 1 saturated carbocycles. The Hall–Kier alpha value is -1.02. The van der Waals surface area contributed by atoms with Gasteiger partial charge in [0.2, 0.25) is 0 Å². The molecule has 1 unspecified atom stereocenters. The molecule has 0 spiro atoms. The average molecular weight is 261 g/mol. The first-order chi connectivity index (χ1) is 9.15. The third-order valence-electron chi connectivity index (χ3n) is 4.57. The summed E-state index contributed by atoms with van der Waals surface area (Å²) in [6.07, 6.45) is 5.36. The quantitative estimate of drug-likeness (QED) is 0.881. The van der Waals surface area contributed by atoms with Gasteiger partial charge in [0.1, 0.15) is 5.75 Å². The molecule has 0 aliphatic heterocycles. The Morgan fingerprint density at radius 1 is 1.21 bits per heavy atom. The van der Waals surface area contributed by atoms with Gasteiger partial charge < -0.3 is 10.1 Å². The molecule has 0 radical (unpaired) electrons. The monoisotopic (exact) mass is 261 g/mol. The van der Waals surface area contributed by atoms with Crippen LogP contribution in [0, 0.1) is 18.8 Å². The molecule has 2 rings (SSSR count). The van der Waals surface area contributed by atoms with Crippen LogP contribution in [0.1, 0.15) is 49.8 Å². The van der Waals surface area contributed by atoms with E-state index in [1.165, 1.54) is 36.8 Å². The highest BCUT2D eigenvalue weighted by Crippen LogP contribution is 2.39. The van der Waals surface area contributed by atoms with Gasteiger partial charge in [-0.1, -0.05) is 31.9 Å². The van der Waals surface area contributed by atoms with E-state index in [2.05, 4.69) is 44.4 Å². The molecule has 1 fully saturated rings. The highest BCUT2D eigenvalue weighted by atomic mass is 16.5. The first-order valence-corrected chi connectivity index (χ1v) is 7.47. The molecule has 1 aromatic rings. The lowest BCUT2D eigenvalue weighted by atomic mass is 9.77. The minimum Gasteiger partial charge on any atom is -0.496 e. The molecular formula is C17H27NO. The van der Waals surface area contributed by atoms with Gasteiger partial charge in [0.05, 0.1) is 7.11 Å². The largest absolute Gasteiger partial charge is 0.496 e. The molecule has 1 atom stereocenters. The van der Waals surface area contributed by atoms with E-state index in [4.69, 9.17) is 4.74 Å². The summed E-state index contributed by atoms with van der Waals surface area (Å²) in [6.45, 7) is 4.49. The van der Waals surface area contributed by atoms with Gasteiger partial charge in [0, 0.05) is 11.6 Å². The molecule has 0 heterocycles. The van der Waals surface area contributed by atoms with E-state index >= 15 is 0 Å². The van der Waals surface area contributed by atoms with Crippen LogP contribution in [0.25, 0.3) is 0 Å². The molecule has 0 amide bonds. The first kappa shape index (κ1) is 14.4. The zero-order chi connectivity index (χ0) is 13.8. The van der Waals surface area contributed by atoms with E-state index in [-0.39, 0.29) is 0 Å². The van der Waals surface area contributed by atoms with Crippen LogP contribution in [0.5, 0.6) is 5.75 Å². The number of hydrogen-bond donors (Lipinski definition) is 1. The van der Waals surface area contributed by atoms with E-state index in [0.29, 0.717) is 6.04 Å². The van der Waals surface area contributed by atoms with Crippen molar-refractivity contribution in [1.82, 2.24) is 5.32 Å². The Morgan fingerprint density at radius 3 is 2.47 bits per heavy atom. The number of aryl methyl sites for hydroxylation is 1. The SMILES string of the molecule is CNC(c1ccc(C)cc1OC)C1CCC(C)CC1. The third kappa shape index (κ3) is 3.30. The molecule has 1 aromatic carbocycles. The lowest BCUT2D eigenvalue weighted by Gasteiger charge is -2.33. The van der Waals surface area contributed by atoms with E-state index < -0.39 is 0 Å². The number of nitrogens with one attached hydrogen (secondary N) is 1. The van der Waals surface area contributed by atoms with Crippen molar-refractivity contribution in [2.75, 3.05) is 14.2 Å². The van der Waals surface area contributed by atoms with Crippen molar-refractivity contribution in [1.29, 1.82) is 0 Å². The second kappa shape index (κ2) is 6.42. The standard InChI is InChI=1S/C17H27NO/c1-12-5-8-14(9-6-12)17(18-3)15-10-7-13(2)11-16(15)19-4/h7,10-12,14,17-18H,5-6,8-9H2,1-4H3. The normalized spacial score (nSPS) is 25.1. The van der Waals surface area contributed by atoms with E-state index in [0.717, 1.165) is 17.6 Å². The van der Waals surface area contributed by atoms with Crippen LogP contribution in [0.4, 0.5) is 0 Å². The predicted molar refractivity (Wildman–Crippen MR) is 80.7 cm³/mol. The number of ether oxygens (including phenoxy) is 1. The third-order valence-corrected chi connectivity index (χ3v) is 4.57. The Morgan fingerprint density at radius 2 is 1.89 bits per heavy atom. The van der Waals surface area contributed by atoms with E-state index in [1.54, 1.807) is 7.11 Å². The van der Waals surface area contributed by atoms with Crippen LogP contribution >= 0.6 is 0 Å². The summed E-state index contributed by atoms with van der Waals surface area (Å²) in [7, 11) is 3.84. The summed E-state index contributed by atoms with van der Waals surface area (Å²) in [5.74, 6) is 2.66. The van der Waals surface area contributed by atoms with Gasteiger partial charge in [0.25, 0.3) is 0 Å². The van der Waals surface area contributed by atoms with E-state index in [9.17, 15) is 0 Å². The average Bonchev–Trinajstić information content (AvgIpc) is 2.43. The molecule has 1 aliphatic rings. The second-order valence-electron chi connectivity index (χ2n) is 6.03. The summed E-state index contributed by atoms with van der Waals surface area (Å²) in [6, 6.07) is 6.98. The van der Waals surface area contributed by atoms with E-state index in [1.807, 2.05) is 0 Å². The number of hydrogen-bond acceptors (Lipinski definition) is 2. The smallest absolute Gasteiger partial charge is 0.123 e. The fraction of sp³-hybridized carbons (Fsp3) is 0.647. The van der Waals surface area contributed by atoms with Gasteiger partial charge in [-0.05, 0) is 50.3 Å². The second-order valence-corrected chi connectivity index (χ2v) is 6.03. The van der Waals surface area contributed by atoms with Crippen molar-refractivity contribution in [3.05, 3.63) is 29.3 Å². The topological polar surface area (TPSA) is 21.3 Å². The van der Waals surface area contributed by atoms with Gasteiger partial charge in [0.15, 0.2) is 0 Å². The highest BCUT2D eigenvalue weighted by Gasteiger charge is 2.27. The van der Waals surface area contributed by atoms with Crippen LogP contribution in [0.15, 0.2) is 18.2 Å². The molecule has 2 heteroatoms. The van der Waals surface area contributed by atoms with Crippen LogP contribution in [-0.4, -0.2) is 14.2 Å². The molecule has 1 N–H and O–H groups in total. The number of benzene rings is 1. The Balaban J connectivity index is 2.21. The van der Waals surface area contributed by atoms with Gasteiger partial charge in [-0.2, -0.15) is 0 Å². The summed E-state index contributed by atoms with van der Waals surface area (Å²) >= 11 is 0. The van der Waals surface area contributed by atoms with Crippen molar-refractivity contribution < 1.29 is 4.74 Å². The number of methoxy groups -OCH3 is 1. The minimum atomic E-state index is 0.419. The Bertz CT molecular complexity index is 408. The van der Waals surface area contributed by atoms with Crippen molar-refractivity contribution >= 4 is 0 Å². The highest BCUT2D eigenvalue weighted by molar-refractivity contribution is 5.39. The molecule has 0 bridgehead atoms. The maximum Gasteiger partial charge on any atom is 0.123 e. The first-order valence-electron chi connectivity index (χ1n) is 7.47.